The van der Waals surface area contributed by atoms with E-state index >= 15 is 0 Å². The van der Waals surface area contributed by atoms with Gasteiger partial charge < -0.3 is 9.64 Å². The molecular weight excluding hydrogens is 273 g/mol. The summed E-state index contributed by atoms with van der Waals surface area (Å²) in [5.74, 6) is -0.548. The van der Waals surface area contributed by atoms with Crippen molar-refractivity contribution in [1.82, 2.24) is 4.90 Å². The predicted octanol–water partition coefficient (Wildman–Crippen LogP) is 2.17. The number of esters is 1. The maximum absolute atomic E-state index is 12.8. The van der Waals surface area contributed by atoms with Crippen molar-refractivity contribution >= 4 is 11.9 Å². The molecule has 1 aliphatic heterocycles. The van der Waals surface area contributed by atoms with Crippen LogP contribution in [0.3, 0.4) is 0 Å². The molecule has 0 saturated carbocycles. The van der Waals surface area contributed by atoms with Crippen molar-refractivity contribution in [2.45, 2.75) is 26.2 Å². The van der Waals surface area contributed by atoms with Crippen molar-refractivity contribution in [3.63, 3.8) is 0 Å². The third-order valence-corrected chi connectivity index (χ3v) is 3.74. The molecule has 0 spiro atoms. The van der Waals surface area contributed by atoms with Crippen LogP contribution in [0, 0.1) is 11.7 Å². The Morgan fingerprint density at radius 1 is 1.24 bits per heavy atom. The van der Waals surface area contributed by atoms with Crippen molar-refractivity contribution < 1.29 is 18.7 Å². The van der Waals surface area contributed by atoms with Crippen molar-refractivity contribution in [2.75, 3.05) is 19.7 Å². The number of rotatable bonds is 4. The zero-order valence-corrected chi connectivity index (χ0v) is 12.2. The first-order valence-corrected chi connectivity index (χ1v) is 7.29. The predicted molar refractivity (Wildman–Crippen MR) is 76.0 cm³/mol. The number of hydrogen-bond acceptors (Lipinski definition) is 3. The van der Waals surface area contributed by atoms with Gasteiger partial charge >= 0.3 is 5.97 Å². The fraction of sp³-hybridized carbons (Fsp3) is 0.500. The van der Waals surface area contributed by atoms with E-state index in [-0.39, 0.29) is 30.0 Å². The van der Waals surface area contributed by atoms with Gasteiger partial charge in [-0.1, -0.05) is 12.1 Å². The van der Waals surface area contributed by atoms with Crippen LogP contribution in [0.1, 0.15) is 25.3 Å². The van der Waals surface area contributed by atoms with Gasteiger partial charge in [0.1, 0.15) is 5.82 Å². The number of hydrogen-bond donors (Lipinski definition) is 0. The number of carbonyl (C=O) groups excluding carboxylic acids is 2. The molecule has 0 atom stereocenters. The molecule has 1 saturated heterocycles. The van der Waals surface area contributed by atoms with Gasteiger partial charge in [-0.3, -0.25) is 9.59 Å². The van der Waals surface area contributed by atoms with E-state index in [9.17, 15) is 14.0 Å². The minimum absolute atomic E-state index is 0.0175. The first-order valence-electron chi connectivity index (χ1n) is 7.29. The highest BCUT2D eigenvalue weighted by Crippen LogP contribution is 2.19. The molecule has 0 aromatic heterocycles. The van der Waals surface area contributed by atoms with Gasteiger partial charge in [0.15, 0.2) is 0 Å². The summed E-state index contributed by atoms with van der Waals surface area (Å²) in [4.78, 5) is 25.6. The Labute approximate surface area is 123 Å². The van der Waals surface area contributed by atoms with Crippen LogP contribution in [0.5, 0.6) is 0 Å². The Bertz CT molecular complexity index is 493. The van der Waals surface area contributed by atoms with Gasteiger partial charge in [0.2, 0.25) is 5.91 Å². The third kappa shape index (κ3) is 4.28. The van der Waals surface area contributed by atoms with Crippen LogP contribution in [-0.4, -0.2) is 36.5 Å². The molecule has 5 heteroatoms. The zero-order valence-electron chi connectivity index (χ0n) is 12.2. The molecule has 1 heterocycles. The maximum atomic E-state index is 12.8. The van der Waals surface area contributed by atoms with E-state index in [1.807, 2.05) is 0 Å². The number of halogens is 1. The largest absolute Gasteiger partial charge is 0.466 e. The van der Waals surface area contributed by atoms with E-state index in [0.717, 1.165) is 5.56 Å². The van der Waals surface area contributed by atoms with Gasteiger partial charge in [0.25, 0.3) is 0 Å². The molecule has 21 heavy (non-hydrogen) atoms. The highest BCUT2D eigenvalue weighted by atomic mass is 19.1. The summed E-state index contributed by atoms with van der Waals surface area (Å²) in [6.45, 7) is 3.33. The molecule has 1 aromatic carbocycles. The topological polar surface area (TPSA) is 46.6 Å². The molecule has 114 valence electrons. The van der Waals surface area contributed by atoms with E-state index in [0.29, 0.717) is 32.5 Å². The SMILES string of the molecule is CCOC(=O)C1CCN(C(=O)Cc2ccc(F)cc2)CC1. The van der Waals surface area contributed by atoms with Crippen molar-refractivity contribution in [3.05, 3.63) is 35.6 Å². The molecule has 4 nitrogen and oxygen atoms in total. The second-order valence-corrected chi connectivity index (χ2v) is 5.21. The molecule has 0 unspecified atom stereocenters. The van der Waals surface area contributed by atoms with Crippen LogP contribution >= 0.6 is 0 Å². The van der Waals surface area contributed by atoms with Crippen LogP contribution in [-0.2, 0) is 20.7 Å². The average molecular weight is 293 g/mol. The van der Waals surface area contributed by atoms with E-state index in [4.69, 9.17) is 4.74 Å². The van der Waals surface area contributed by atoms with Gasteiger partial charge in [0, 0.05) is 13.1 Å². The van der Waals surface area contributed by atoms with Crippen molar-refractivity contribution in [3.8, 4) is 0 Å². The van der Waals surface area contributed by atoms with Crippen molar-refractivity contribution in [1.29, 1.82) is 0 Å². The lowest BCUT2D eigenvalue weighted by molar-refractivity contribution is -0.151. The summed E-state index contributed by atoms with van der Waals surface area (Å²) >= 11 is 0. The molecule has 1 aromatic rings. The lowest BCUT2D eigenvalue weighted by Gasteiger charge is -2.31. The van der Waals surface area contributed by atoms with E-state index in [1.165, 1.54) is 12.1 Å². The van der Waals surface area contributed by atoms with Crippen molar-refractivity contribution in [2.24, 2.45) is 5.92 Å². The first-order chi connectivity index (χ1) is 10.1. The lowest BCUT2D eigenvalue weighted by atomic mass is 9.96. The van der Waals surface area contributed by atoms with Gasteiger partial charge in [-0.05, 0) is 37.5 Å². The summed E-state index contributed by atoms with van der Waals surface area (Å²) in [5, 5.41) is 0. The summed E-state index contributed by atoms with van der Waals surface area (Å²) in [5.41, 5.74) is 0.800. The van der Waals surface area contributed by atoms with E-state index in [2.05, 4.69) is 0 Å². The second kappa shape index (κ2) is 7.20. The van der Waals surface area contributed by atoms with E-state index in [1.54, 1.807) is 24.0 Å². The summed E-state index contributed by atoms with van der Waals surface area (Å²) < 4.78 is 17.8. The molecule has 1 fully saturated rings. The molecular formula is C16H20FNO3. The number of nitrogens with zero attached hydrogens (tertiary/aromatic N) is 1. The number of benzene rings is 1. The quantitative estimate of drug-likeness (QED) is 0.799. The Balaban J connectivity index is 1.83. The van der Waals surface area contributed by atoms with Gasteiger partial charge in [-0.25, -0.2) is 4.39 Å². The second-order valence-electron chi connectivity index (χ2n) is 5.21. The van der Waals surface area contributed by atoms with E-state index < -0.39 is 0 Å². The molecule has 0 radical (unpaired) electrons. The summed E-state index contributed by atoms with van der Waals surface area (Å²) in [7, 11) is 0. The Morgan fingerprint density at radius 2 is 1.86 bits per heavy atom. The monoisotopic (exact) mass is 293 g/mol. The Kier molecular flexibility index (Phi) is 5.31. The standard InChI is InChI=1S/C16H20FNO3/c1-2-21-16(20)13-7-9-18(10-8-13)15(19)11-12-3-5-14(17)6-4-12/h3-6,13H,2,7-11H2,1H3. The van der Waals surface area contributed by atoms with Gasteiger partial charge in [0.05, 0.1) is 18.9 Å². The number of amides is 1. The highest BCUT2D eigenvalue weighted by Gasteiger charge is 2.28. The first kappa shape index (κ1) is 15.5. The summed E-state index contributed by atoms with van der Waals surface area (Å²) in [6, 6.07) is 5.96. The Hall–Kier alpha value is -1.91. The Morgan fingerprint density at radius 3 is 2.43 bits per heavy atom. The third-order valence-electron chi connectivity index (χ3n) is 3.74. The molecule has 0 aliphatic carbocycles. The average Bonchev–Trinajstić information content (AvgIpc) is 2.50. The molecule has 0 N–H and O–H groups in total. The number of ether oxygens (including phenoxy) is 1. The number of carbonyl (C=O) groups is 2. The number of likely N-dealkylation sites (tertiary alicyclic amines) is 1. The molecule has 0 bridgehead atoms. The molecule has 1 amide bonds. The lowest BCUT2D eigenvalue weighted by Crippen LogP contribution is -2.41. The van der Waals surface area contributed by atoms with Gasteiger partial charge in [-0.15, -0.1) is 0 Å². The molecule has 2 rings (SSSR count). The zero-order chi connectivity index (χ0) is 15.2. The summed E-state index contributed by atoms with van der Waals surface area (Å²) in [6.07, 6.45) is 1.56. The van der Waals surface area contributed by atoms with Crippen LogP contribution in [0.25, 0.3) is 0 Å². The van der Waals surface area contributed by atoms with Crippen LogP contribution < -0.4 is 0 Å². The van der Waals surface area contributed by atoms with Gasteiger partial charge in [-0.2, -0.15) is 0 Å². The minimum atomic E-state index is -0.304. The highest BCUT2D eigenvalue weighted by molar-refractivity contribution is 5.79. The fourth-order valence-corrected chi connectivity index (χ4v) is 2.51. The number of piperidine rings is 1. The van der Waals surface area contributed by atoms with Crippen LogP contribution in [0.4, 0.5) is 4.39 Å². The molecule has 1 aliphatic rings. The smallest absolute Gasteiger partial charge is 0.309 e. The fourth-order valence-electron chi connectivity index (χ4n) is 2.51. The minimum Gasteiger partial charge on any atom is -0.466 e. The van der Waals surface area contributed by atoms with Crippen LogP contribution in [0.15, 0.2) is 24.3 Å². The maximum Gasteiger partial charge on any atom is 0.309 e. The van der Waals surface area contributed by atoms with Crippen LogP contribution in [0.2, 0.25) is 0 Å². The normalized spacial score (nSPS) is 15.8.